The second-order valence-electron chi connectivity index (χ2n) is 12.6. The van der Waals surface area contributed by atoms with E-state index in [0.29, 0.717) is 0 Å². The third kappa shape index (κ3) is 4.21. The molecule has 1 unspecified atom stereocenters. The highest BCUT2D eigenvalue weighted by Gasteiger charge is 2.31. The molecule has 9 aromatic rings. The van der Waals surface area contributed by atoms with E-state index in [-0.39, 0.29) is 6.17 Å². The van der Waals surface area contributed by atoms with Crippen molar-refractivity contribution in [2.75, 3.05) is 10.2 Å². The van der Waals surface area contributed by atoms with Gasteiger partial charge in [0.05, 0.1) is 11.4 Å². The molecule has 0 saturated heterocycles. The summed E-state index contributed by atoms with van der Waals surface area (Å²) in [6, 6.07) is 61.0. The zero-order chi connectivity index (χ0) is 31.6. The first-order chi connectivity index (χ1) is 23.8. The standard InChI is InChI=1S/C45H30N2O/c1-2-11-29(12-3-1)45-46-41-18-7-8-19-42(41)47(45)35-14-10-13-30(27-35)31-21-22-33-26-34(24-23-32(33)25-31)39-28-40-37-16-6-9-20-43(37)48-44(40)38-17-5-4-15-36(38)39/h1-28,45-46H. The predicted octanol–water partition coefficient (Wildman–Crippen LogP) is 12.5. The van der Waals surface area contributed by atoms with E-state index >= 15 is 0 Å². The molecule has 0 amide bonds. The quantitative estimate of drug-likeness (QED) is 0.214. The van der Waals surface area contributed by atoms with Crippen molar-refractivity contribution in [1.82, 2.24) is 0 Å². The van der Waals surface area contributed by atoms with E-state index in [1.54, 1.807) is 0 Å². The molecular formula is C45H30N2O. The number of rotatable bonds is 4. The van der Waals surface area contributed by atoms with Gasteiger partial charge in [-0.3, -0.25) is 0 Å². The molecule has 0 aliphatic carbocycles. The minimum atomic E-state index is 0.0178. The molecule has 10 rings (SSSR count). The summed E-state index contributed by atoms with van der Waals surface area (Å²) < 4.78 is 6.36. The van der Waals surface area contributed by atoms with Gasteiger partial charge in [-0.25, -0.2) is 0 Å². The maximum atomic E-state index is 6.36. The fourth-order valence-corrected chi connectivity index (χ4v) is 7.53. The Morgan fingerprint density at radius 3 is 2.04 bits per heavy atom. The van der Waals surface area contributed by atoms with Crippen LogP contribution in [0.1, 0.15) is 11.7 Å². The number of furan rings is 1. The Bertz CT molecular complexity index is 2670. The highest BCUT2D eigenvalue weighted by atomic mass is 16.3. The Labute approximate surface area is 278 Å². The maximum Gasteiger partial charge on any atom is 0.143 e. The molecule has 48 heavy (non-hydrogen) atoms. The first-order valence-corrected chi connectivity index (χ1v) is 16.5. The van der Waals surface area contributed by atoms with Crippen molar-refractivity contribution < 1.29 is 4.42 Å². The number of para-hydroxylation sites is 3. The Hall–Kier alpha value is -6.32. The normalized spacial score (nSPS) is 14.2. The fourth-order valence-electron chi connectivity index (χ4n) is 7.53. The van der Waals surface area contributed by atoms with Crippen molar-refractivity contribution in [2.45, 2.75) is 6.17 Å². The lowest BCUT2D eigenvalue weighted by Crippen LogP contribution is -2.23. The van der Waals surface area contributed by atoms with Crippen molar-refractivity contribution in [1.29, 1.82) is 0 Å². The first kappa shape index (κ1) is 26.9. The number of nitrogens with zero attached hydrogens (tertiary/aromatic N) is 1. The molecule has 1 N–H and O–H groups in total. The SMILES string of the molecule is c1ccc(C2Nc3ccccc3N2c2cccc(-c3ccc4cc(-c5cc6c7ccccc7oc6c6ccccc56)ccc4c3)c2)cc1. The lowest BCUT2D eigenvalue weighted by Gasteiger charge is -2.28. The van der Waals surface area contributed by atoms with Gasteiger partial charge in [0.1, 0.15) is 17.3 Å². The van der Waals surface area contributed by atoms with Crippen LogP contribution in [0.25, 0.3) is 65.7 Å². The zero-order valence-corrected chi connectivity index (χ0v) is 26.1. The van der Waals surface area contributed by atoms with Gasteiger partial charge in [-0.1, -0.05) is 121 Å². The lowest BCUT2D eigenvalue weighted by atomic mass is 9.93. The monoisotopic (exact) mass is 614 g/mol. The molecule has 2 heterocycles. The topological polar surface area (TPSA) is 28.4 Å². The molecule has 0 spiro atoms. The van der Waals surface area contributed by atoms with Crippen LogP contribution >= 0.6 is 0 Å². The molecular weight excluding hydrogens is 585 g/mol. The fraction of sp³-hybridized carbons (Fsp3) is 0.0222. The Balaban J connectivity index is 1.05. The second-order valence-corrected chi connectivity index (χ2v) is 12.6. The molecule has 1 aliphatic rings. The molecule has 1 aromatic heterocycles. The summed E-state index contributed by atoms with van der Waals surface area (Å²) in [5.74, 6) is 0. The summed E-state index contributed by atoms with van der Waals surface area (Å²) in [7, 11) is 0. The Morgan fingerprint density at radius 1 is 0.479 bits per heavy atom. The van der Waals surface area contributed by atoms with Gasteiger partial charge in [0, 0.05) is 21.8 Å². The van der Waals surface area contributed by atoms with Crippen LogP contribution in [0.5, 0.6) is 0 Å². The minimum Gasteiger partial charge on any atom is -0.455 e. The van der Waals surface area contributed by atoms with E-state index in [4.69, 9.17) is 4.42 Å². The maximum absolute atomic E-state index is 6.36. The lowest BCUT2D eigenvalue weighted by molar-refractivity contribution is 0.672. The van der Waals surface area contributed by atoms with E-state index in [2.05, 4.69) is 174 Å². The number of nitrogens with one attached hydrogen (secondary N) is 1. The average Bonchev–Trinajstić information content (AvgIpc) is 3.74. The van der Waals surface area contributed by atoms with Crippen molar-refractivity contribution in [3.8, 4) is 22.3 Å². The van der Waals surface area contributed by atoms with Crippen LogP contribution in [0.4, 0.5) is 17.1 Å². The molecule has 0 fully saturated rings. The summed E-state index contributed by atoms with van der Waals surface area (Å²) in [6.45, 7) is 0. The van der Waals surface area contributed by atoms with Crippen molar-refractivity contribution >= 4 is 60.5 Å². The Kier molecular flexibility index (Phi) is 5.94. The molecule has 3 nitrogen and oxygen atoms in total. The number of hydrogen-bond acceptors (Lipinski definition) is 3. The van der Waals surface area contributed by atoms with Crippen LogP contribution in [0.3, 0.4) is 0 Å². The molecule has 1 atom stereocenters. The highest BCUT2D eigenvalue weighted by Crippen LogP contribution is 2.47. The molecule has 3 heteroatoms. The molecule has 0 saturated carbocycles. The van der Waals surface area contributed by atoms with Crippen LogP contribution < -0.4 is 10.2 Å². The van der Waals surface area contributed by atoms with Gasteiger partial charge in [-0.05, 0) is 92.5 Å². The van der Waals surface area contributed by atoms with Crippen LogP contribution in [0, 0.1) is 0 Å². The van der Waals surface area contributed by atoms with E-state index in [0.717, 1.165) is 38.7 Å². The van der Waals surface area contributed by atoms with Crippen molar-refractivity contribution in [3.63, 3.8) is 0 Å². The van der Waals surface area contributed by atoms with Gasteiger partial charge in [-0.15, -0.1) is 0 Å². The third-order valence-electron chi connectivity index (χ3n) is 9.82. The second kappa shape index (κ2) is 10.6. The largest absolute Gasteiger partial charge is 0.455 e. The van der Waals surface area contributed by atoms with Gasteiger partial charge in [0.25, 0.3) is 0 Å². The molecule has 0 radical (unpaired) electrons. The van der Waals surface area contributed by atoms with Crippen molar-refractivity contribution in [2.24, 2.45) is 0 Å². The van der Waals surface area contributed by atoms with Gasteiger partial charge < -0.3 is 14.6 Å². The zero-order valence-electron chi connectivity index (χ0n) is 26.1. The summed E-state index contributed by atoms with van der Waals surface area (Å²) in [4.78, 5) is 2.41. The first-order valence-electron chi connectivity index (χ1n) is 16.5. The van der Waals surface area contributed by atoms with Gasteiger partial charge >= 0.3 is 0 Å². The van der Waals surface area contributed by atoms with Crippen molar-refractivity contribution in [3.05, 3.63) is 175 Å². The van der Waals surface area contributed by atoms with E-state index in [1.807, 2.05) is 6.07 Å². The smallest absolute Gasteiger partial charge is 0.143 e. The van der Waals surface area contributed by atoms with Crippen LogP contribution in [-0.4, -0.2) is 0 Å². The van der Waals surface area contributed by atoms with Crippen LogP contribution in [0.15, 0.2) is 174 Å². The van der Waals surface area contributed by atoms with Crippen LogP contribution in [-0.2, 0) is 0 Å². The van der Waals surface area contributed by atoms with Gasteiger partial charge in [0.15, 0.2) is 0 Å². The number of hydrogen-bond donors (Lipinski definition) is 1. The molecule has 226 valence electrons. The van der Waals surface area contributed by atoms with E-state index in [9.17, 15) is 0 Å². The minimum absolute atomic E-state index is 0.0178. The highest BCUT2D eigenvalue weighted by molar-refractivity contribution is 6.19. The summed E-state index contributed by atoms with van der Waals surface area (Å²) in [5.41, 5.74) is 11.4. The Morgan fingerprint density at radius 2 is 1.17 bits per heavy atom. The van der Waals surface area contributed by atoms with Gasteiger partial charge in [0.2, 0.25) is 0 Å². The third-order valence-corrected chi connectivity index (χ3v) is 9.82. The molecule has 0 bridgehead atoms. The van der Waals surface area contributed by atoms with E-state index in [1.165, 1.54) is 49.7 Å². The number of fused-ring (bicyclic) bond motifs is 7. The van der Waals surface area contributed by atoms with Crippen LogP contribution in [0.2, 0.25) is 0 Å². The van der Waals surface area contributed by atoms with E-state index < -0.39 is 0 Å². The summed E-state index contributed by atoms with van der Waals surface area (Å²) >= 11 is 0. The molecule has 1 aliphatic heterocycles. The number of anilines is 3. The van der Waals surface area contributed by atoms with Gasteiger partial charge in [-0.2, -0.15) is 0 Å². The average molecular weight is 615 g/mol. The molecule has 8 aromatic carbocycles. The summed E-state index contributed by atoms with van der Waals surface area (Å²) in [6.07, 6.45) is 0.0178. The summed E-state index contributed by atoms with van der Waals surface area (Å²) in [5, 5.41) is 10.8. The number of benzene rings is 8. The predicted molar refractivity (Wildman–Crippen MR) is 201 cm³/mol.